The van der Waals surface area contributed by atoms with Gasteiger partial charge in [-0.3, -0.25) is 9.52 Å². The average molecular weight is 461 g/mol. The normalized spacial score (nSPS) is 15.2. The topological polar surface area (TPSA) is 66.5 Å². The molecule has 1 aliphatic heterocycles. The SMILES string of the molecule is CCc1cccc(CC)c1NS(=O)(=O)c1ccc(SC)c(C(=O)N2CCC(C)CC2)c1. The Morgan fingerprint density at radius 3 is 2.26 bits per heavy atom. The van der Waals surface area contributed by atoms with E-state index in [2.05, 4.69) is 11.6 Å². The zero-order valence-electron chi connectivity index (χ0n) is 18.8. The predicted octanol–water partition coefficient (Wildman–Crippen LogP) is 5.21. The van der Waals surface area contributed by atoms with Crippen molar-refractivity contribution in [1.29, 1.82) is 0 Å². The van der Waals surface area contributed by atoms with E-state index in [1.54, 1.807) is 12.1 Å². The number of anilines is 1. The number of sulfonamides is 1. The van der Waals surface area contributed by atoms with E-state index in [1.807, 2.05) is 43.2 Å². The fourth-order valence-corrected chi connectivity index (χ4v) is 5.71. The van der Waals surface area contributed by atoms with Gasteiger partial charge in [0, 0.05) is 18.0 Å². The van der Waals surface area contributed by atoms with E-state index in [0.717, 1.165) is 41.7 Å². The molecule has 31 heavy (non-hydrogen) atoms. The van der Waals surface area contributed by atoms with Gasteiger partial charge in [0.05, 0.1) is 16.1 Å². The van der Waals surface area contributed by atoms with Gasteiger partial charge in [0.2, 0.25) is 0 Å². The Bertz CT molecular complexity index is 1020. The number of aryl methyl sites for hydroxylation is 2. The largest absolute Gasteiger partial charge is 0.339 e. The molecule has 0 radical (unpaired) electrons. The van der Waals surface area contributed by atoms with E-state index < -0.39 is 10.0 Å². The maximum atomic E-state index is 13.3. The van der Waals surface area contributed by atoms with Crippen molar-refractivity contribution in [3.8, 4) is 0 Å². The highest BCUT2D eigenvalue weighted by molar-refractivity contribution is 7.98. The number of benzene rings is 2. The van der Waals surface area contributed by atoms with Crippen molar-refractivity contribution in [1.82, 2.24) is 4.90 Å². The Morgan fingerprint density at radius 2 is 1.71 bits per heavy atom. The second-order valence-electron chi connectivity index (χ2n) is 8.10. The molecule has 1 fully saturated rings. The summed E-state index contributed by atoms with van der Waals surface area (Å²) in [5.74, 6) is 0.530. The Kier molecular flexibility index (Phi) is 7.70. The molecule has 168 valence electrons. The van der Waals surface area contributed by atoms with Gasteiger partial charge < -0.3 is 4.90 Å². The van der Waals surface area contributed by atoms with Crippen molar-refractivity contribution in [3.05, 3.63) is 53.1 Å². The van der Waals surface area contributed by atoms with Crippen LogP contribution in [0, 0.1) is 5.92 Å². The molecule has 5 nitrogen and oxygen atoms in total. The molecule has 2 aromatic rings. The Balaban J connectivity index is 1.96. The lowest BCUT2D eigenvalue weighted by Crippen LogP contribution is -2.38. The van der Waals surface area contributed by atoms with Crippen LogP contribution in [0.3, 0.4) is 0 Å². The quantitative estimate of drug-likeness (QED) is 0.576. The smallest absolute Gasteiger partial charge is 0.261 e. The third-order valence-electron chi connectivity index (χ3n) is 6.02. The van der Waals surface area contributed by atoms with Crippen molar-refractivity contribution in [2.24, 2.45) is 5.92 Å². The number of rotatable bonds is 7. The highest BCUT2D eigenvalue weighted by Gasteiger charge is 2.26. The summed E-state index contributed by atoms with van der Waals surface area (Å²) in [5.41, 5.74) is 3.04. The number of hydrogen-bond donors (Lipinski definition) is 1. The minimum absolute atomic E-state index is 0.0866. The van der Waals surface area contributed by atoms with Gasteiger partial charge in [-0.05, 0) is 67.2 Å². The van der Waals surface area contributed by atoms with E-state index in [9.17, 15) is 13.2 Å². The van der Waals surface area contributed by atoms with Crippen LogP contribution in [0.2, 0.25) is 0 Å². The summed E-state index contributed by atoms with van der Waals surface area (Å²) >= 11 is 1.46. The van der Waals surface area contributed by atoms with Gasteiger partial charge in [-0.1, -0.05) is 39.0 Å². The van der Waals surface area contributed by atoms with E-state index in [0.29, 0.717) is 30.3 Å². The van der Waals surface area contributed by atoms with Gasteiger partial charge in [0.15, 0.2) is 0 Å². The minimum atomic E-state index is -3.83. The van der Waals surface area contributed by atoms with Crippen LogP contribution in [0.25, 0.3) is 0 Å². The first-order chi connectivity index (χ1) is 14.8. The second-order valence-corrected chi connectivity index (χ2v) is 10.6. The van der Waals surface area contributed by atoms with Gasteiger partial charge >= 0.3 is 0 Å². The lowest BCUT2D eigenvalue weighted by Gasteiger charge is -2.31. The summed E-state index contributed by atoms with van der Waals surface area (Å²) in [6.07, 6.45) is 5.32. The van der Waals surface area contributed by atoms with Gasteiger partial charge in [0.25, 0.3) is 15.9 Å². The van der Waals surface area contributed by atoms with Crippen LogP contribution in [0.4, 0.5) is 5.69 Å². The molecule has 0 aromatic heterocycles. The highest BCUT2D eigenvalue weighted by atomic mass is 32.2. The predicted molar refractivity (Wildman–Crippen MR) is 129 cm³/mol. The molecule has 1 amide bonds. The summed E-state index contributed by atoms with van der Waals surface area (Å²) in [6, 6.07) is 10.7. The van der Waals surface area contributed by atoms with Crippen LogP contribution in [-0.4, -0.2) is 38.6 Å². The van der Waals surface area contributed by atoms with Gasteiger partial charge in [0.1, 0.15) is 0 Å². The van der Waals surface area contributed by atoms with Gasteiger partial charge in [-0.15, -0.1) is 11.8 Å². The van der Waals surface area contributed by atoms with Crippen LogP contribution < -0.4 is 4.72 Å². The molecule has 0 saturated carbocycles. The minimum Gasteiger partial charge on any atom is -0.339 e. The molecule has 1 N–H and O–H groups in total. The molecule has 1 aliphatic rings. The molecule has 2 aromatic carbocycles. The van der Waals surface area contributed by atoms with E-state index in [-0.39, 0.29) is 10.8 Å². The summed E-state index contributed by atoms with van der Waals surface area (Å²) in [5, 5.41) is 0. The van der Waals surface area contributed by atoms with Crippen LogP contribution in [0.1, 0.15) is 55.1 Å². The summed E-state index contributed by atoms with van der Waals surface area (Å²) in [4.78, 5) is 16.0. The summed E-state index contributed by atoms with van der Waals surface area (Å²) < 4.78 is 29.4. The number of nitrogens with one attached hydrogen (secondary N) is 1. The molecule has 3 rings (SSSR count). The lowest BCUT2D eigenvalue weighted by molar-refractivity contribution is 0.0693. The third kappa shape index (κ3) is 5.26. The Labute approximate surface area is 190 Å². The van der Waals surface area contributed by atoms with Crippen molar-refractivity contribution in [2.45, 2.75) is 56.2 Å². The summed E-state index contributed by atoms with van der Waals surface area (Å²) in [6.45, 7) is 7.65. The number of carbonyl (C=O) groups excluding carboxylic acids is 1. The Hall–Kier alpha value is -1.99. The van der Waals surface area contributed by atoms with Crippen LogP contribution in [-0.2, 0) is 22.9 Å². The lowest BCUT2D eigenvalue weighted by atomic mass is 9.98. The first kappa shape index (κ1) is 23.7. The van der Waals surface area contributed by atoms with Crippen molar-refractivity contribution < 1.29 is 13.2 Å². The average Bonchev–Trinajstić information content (AvgIpc) is 2.78. The first-order valence-corrected chi connectivity index (χ1v) is 13.6. The zero-order chi connectivity index (χ0) is 22.6. The molecule has 0 spiro atoms. The van der Waals surface area contributed by atoms with Gasteiger partial charge in [-0.25, -0.2) is 8.42 Å². The van der Waals surface area contributed by atoms with E-state index >= 15 is 0 Å². The molecule has 1 saturated heterocycles. The standard InChI is InChI=1S/C24H32N2O3S2/c1-5-18-8-7-9-19(6-2)23(18)25-31(28,29)20-10-11-22(30-4)21(16-20)24(27)26-14-12-17(3)13-15-26/h7-11,16-17,25H,5-6,12-15H2,1-4H3. The third-order valence-corrected chi connectivity index (χ3v) is 8.16. The van der Waals surface area contributed by atoms with Crippen molar-refractivity contribution >= 4 is 33.4 Å². The monoisotopic (exact) mass is 460 g/mol. The van der Waals surface area contributed by atoms with Crippen LogP contribution in [0.5, 0.6) is 0 Å². The number of para-hydroxylation sites is 1. The molecule has 0 aliphatic carbocycles. The number of hydrogen-bond acceptors (Lipinski definition) is 4. The molecule has 7 heteroatoms. The summed E-state index contributed by atoms with van der Waals surface area (Å²) in [7, 11) is -3.83. The number of amides is 1. The molecular formula is C24H32N2O3S2. The van der Waals surface area contributed by atoms with Crippen molar-refractivity contribution in [3.63, 3.8) is 0 Å². The molecule has 0 atom stereocenters. The van der Waals surface area contributed by atoms with Crippen LogP contribution >= 0.6 is 11.8 Å². The van der Waals surface area contributed by atoms with Crippen LogP contribution in [0.15, 0.2) is 46.2 Å². The van der Waals surface area contributed by atoms with Crippen molar-refractivity contribution in [2.75, 3.05) is 24.1 Å². The van der Waals surface area contributed by atoms with E-state index in [1.165, 1.54) is 17.8 Å². The molecule has 0 unspecified atom stereocenters. The highest BCUT2D eigenvalue weighted by Crippen LogP contribution is 2.30. The molecule has 1 heterocycles. The van der Waals surface area contributed by atoms with Gasteiger partial charge in [-0.2, -0.15) is 0 Å². The molecule has 0 bridgehead atoms. The maximum absolute atomic E-state index is 13.3. The fraction of sp³-hybridized carbons (Fsp3) is 0.458. The number of likely N-dealkylation sites (tertiary alicyclic amines) is 1. The first-order valence-electron chi connectivity index (χ1n) is 10.9. The number of carbonyl (C=O) groups is 1. The molecular weight excluding hydrogens is 428 g/mol. The maximum Gasteiger partial charge on any atom is 0.261 e. The van der Waals surface area contributed by atoms with E-state index in [4.69, 9.17) is 0 Å². The zero-order valence-corrected chi connectivity index (χ0v) is 20.4. The number of piperidine rings is 1. The second kappa shape index (κ2) is 10.1. The number of nitrogens with zero attached hydrogens (tertiary/aromatic N) is 1. The fourth-order valence-electron chi connectivity index (χ4n) is 3.97. The Morgan fingerprint density at radius 1 is 1.10 bits per heavy atom. The number of thioether (sulfide) groups is 1.